The maximum absolute atomic E-state index is 9.09. The largest absolute Gasteiger partial charge is 0.388 e. The zero-order valence-electron chi connectivity index (χ0n) is 7.27. The number of hydrogen-bond donors (Lipinski definition) is 4. The van der Waals surface area contributed by atoms with Gasteiger partial charge in [-0.3, -0.25) is 0 Å². The number of rotatable bonds is 4. The summed E-state index contributed by atoms with van der Waals surface area (Å²) < 4.78 is 0. The van der Waals surface area contributed by atoms with Crippen molar-refractivity contribution in [3.63, 3.8) is 0 Å². The molecule has 0 saturated carbocycles. The zero-order valence-corrected chi connectivity index (χ0v) is 8.78. The Morgan fingerprint density at radius 2 is 1.07 bits per heavy atom. The third-order valence-corrected chi connectivity index (χ3v) is 2.06. The first-order chi connectivity index (χ1) is 6.52. The van der Waals surface area contributed by atoms with Crippen LogP contribution in [0.1, 0.15) is 0 Å². The van der Waals surface area contributed by atoms with Gasteiger partial charge in [0.15, 0.2) is 0 Å². The number of halogens is 2. The maximum Gasteiger partial charge on any atom is 0.141 e. The van der Waals surface area contributed by atoms with Crippen LogP contribution in [0.3, 0.4) is 0 Å². The Labute approximate surface area is 92.1 Å². The van der Waals surface area contributed by atoms with Crippen LogP contribution in [0.2, 0.25) is 0 Å². The fourth-order valence-electron chi connectivity index (χ4n) is 0.532. The lowest BCUT2D eigenvalue weighted by Gasteiger charge is -2.10. The molecule has 0 bridgehead atoms. The van der Waals surface area contributed by atoms with E-state index >= 15 is 0 Å². The number of alkyl halides is 2. The van der Waals surface area contributed by atoms with Gasteiger partial charge in [-0.1, -0.05) is 11.8 Å². The molecule has 0 aromatic rings. The second kappa shape index (κ2) is 7.30. The SMILES string of the molecule is OC(C#CC(O)C(O)CCl)C(O)CCl. The molecular weight excluding hydrogens is 231 g/mol. The summed E-state index contributed by atoms with van der Waals surface area (Å²) in [5, 5.41) is 36.1. The summed E-state index contributed by atoms with van der Waals surface area (Å²) in [5.74, 6) is 3.98. The van der Waals surface area contributed by atoms with E-state index in [1.165, 1.54) is 0 Å². The number of aliphatic hydroxyl groups excluding tert-OH is 4. The van der Waals surface area contributed by atoms with Gasteiger partial charge in [0.1, 0.15) is 24.4 Å². The van der Waals surface area contributed by atoms with Crippen molar-refractivity contribution in [2.75, 3.05) is 11.8 Å². The molecule has 0 aliphatic carbocycles. The van der Waals surface area contributed by atoms with Crippen LogP contribution in [-0.2, 0) is 0 Å². The van der Waals surface area contributed by atoms with Crippen molar-refractivity contribution >= 4 is 23.2 Å². The molecule has 0 amide bonds. The van der Waals surface area contributed by atoms with Crippen molar-refractivity contribution in [2.45, 2.75) is 24.4 Å². The van der Waals surface area contributed by atoms with Crippen molar-refractivity contribution in [2.24, 2.45) is 0 Å². The predicted molar refractivity (Wildman–Crippen MR) is 53.2 cm³/mol. The molecule has 0 heterocycles. The molecular formula is C8H12Cl2O4. The molecule has 0 aromatic heterocycles. The Balaban J connectivity index is 4.14. The first kappa shape index (κ1) is 14.0. The lowest BCUT2D eigenvalue weighted by Crippen LogP contribution is -2.28. The van der Waals surface area contributed by atoms with E-state index in [2.05, 4.69) is 11.8 Å². The van der Waals surface area contributed by atoms with Gasteiger partial charge in [-0.15, -0.1) is 23.2 Å². The summed E-state index contributed by atoms with van der Waals surface area (Å²) in [5.41, 5.74) is 0. The first-order valence-corrected chi connectivity index (χ1v) is 4.95. The van der Waals surface area contributed by atoms with Gasteiger partial charge in [0.05, 0.1) is 11.8 Å². The molecule has 0 aromatic carbocycles. The van der Waals surface area contributed by atoms with Crippen LogP contribution in [0.15, 0.2) is 0 Å². The highest BCUT2D eigenvalue weighted by Crippen LogP contribution is 1.97. The minimum Gasteiger partial charge on any atom is -0.388 e. The van der Waals surface area contributed by atoms with Gasteiger partial charge in [-0.25, -0.2) is 0 Å². The van der Waals surface area contributed by atoms with Crippen molar-refractivity contribution in [3.8, 4) is 11.8 Å². The highest BCUT2D eigenvalue weighted by molar-refractivity contribution is 6.18. The summed E-state index contributed by atoms with van der Waals surface area (Å²) in [6, 6.07) is 0. The zero-order chi connectivity index (χ0) is 11.1. The molecule has 0 fully saturated rings. The summed E-state index contributed by atoms with van der Waals surface area (Å²) in [7, 11) is 0. The monoisotopic (exact) mass is 242 g/mol. The van der Waals surface area contributed by atoms with Crippen LogP contribution in [-0.4, -0.2) is 56.6 Å². The summed E-state index contributed by atoms with van der Waals surface area (Å²) >= 11 is 10.5. The highest BCUT2D eigenvalue weighted by Gasteiger charge is 2.14. The minimum atomic E-state index is -1.34. The molecule has 0 aliphatic rings. The molecule has 4 N–H and O–H groups in total. The first-order valence-electron chi connectivity index (χ1n) is 3.88. The molecule has 4 nitrogen and oxygen atoms in total. The maximum atomic E-state index is 9.09. The molecule has 0 rings (SSSR count). The summed E-state index contributed by atoms with van der Waals surface area (Å²) in [6.45, 7) is 0. The fraction of sp³-hybridized carbons (Fsp3) is 0.750. The summed E-state index contributed by atoms with van der Waals surface area (Å²) in [4.78, 5) is 0. The van der Waals surface area contributed by atoms with Crippen LogP contribution < -0.4 is 0 Å². The molecule has 82 valence electrons. The van der Waals surface area contributed by atoms with Gasteiger partial charge in [-0.2, -0.15) is 0 Å². The molecule has 0 spiro atoms. The van der Waals surface area contributed by atoms with E-state index in [1.807, 2.05) is 0 Å². The van der Waals surface area contributed by atoms with Crippen LogP contribution in [0.4, 0.5) is 0 Å². The second-order valence-electron chi connectivity index (χ2n) is 2.62. The Bertz CT molecular complexity index is 193. The summed E-state index contributed by atoms with van der Waals surface area (Å²) in [6.07, 6.45) is -5.04. The molecule has 0 radical (unpaired) electrons. The second-order valence-corrected chi connectivity index (χ2v) is 3.24. The third kappa shape index (κ3) is 5.01. The van der Waals surface area contributed by atoms with Gasteiger partial charge in [0.25, 0.3) is 0 Å². The standard InChI is InChI=1S/C8H12Cl2O4/c9-3-7(13)5(11)1-2-6(12)8(14)4-10/h5-8,11-14H,3-4H2. The quantitative estimate of drug-likeness (QED) is 0.373. The van der Waals surface area contributed by atoms with E-state index in [4.69, 9.17) is 43.6 Å². The highest BCUT2D eigenvalue weighted by atomic mass is 35.5. The minimum absolute atomic E-state index is 0.163. The van der Waals surface area contributed by atoms with Gasteiger partial charge >= 0.3 is 0 Å². The number of hydrogen-bond acceptors (Lipinski definition) is 4. The van der Waals surface area contributed by atoms with Crippen molar-refractivity contribution in [3.05, 3.63) is 0 Å². The van der Waals surface area contributed by atoms with Crippen LogP contribution in [0, 0.1) is 11.8 Å². The van der Waals surface area contributed by atoms with Gasteiger partial charge < -0.3 is 20.4 Å². The lowest BCUT2D eigenvalue weighted by atomic mass is 10.2. The number of aliphatic hydroxyl groups is 4. The van der Waals surface area contributed by atoms with Crippen molar-refractivity contribution in [1.29, 1.82) is 0 Å². The Morgan fingerprint density at radius 1 is 0.786 bits per heavy atom. The van der Waals surface area contributed by atoms with Gasteiger partial charge in [0, 0.05) is 0 Å². The smallest absolute Gasteiger partial charge is 0.141 e. The fourth-order valence-corrected chi connectivity index (χ4v) is 0.869. The van der Waals surface area contributed by atoms with Crippen LogP contribution in [0.5, 0.6) is 0 Å². The normalized spacial score (nSPS) is 19.0. The van der Waals surface area contributed by atoms with Gasteiger partial charge in [-0.05, 0) is 0 Å². The predicted octanol–water partition coefficient (Wildman–Crippen LogP) is -1.09. The van der Waals surface area contributed by atoms with E-state index in [0.717, 1.165) is 0 Å². The third-order valence-electron chi connectivity index (χ3n) is 1.42. The average Bonchev–Trinajstić information content (AvgIpc) is 2.22. The van der Waals surface area contributed by atoms with E-state index in [-0.39, 0.29) is 11.8 Å². The van der Waals surface area contributed by atoms with Crippen LogP contribution >= 0.6 is 23.2 Å². The Hall–Kier alpha value is -0.0200. The topological polar surface area (TPSA) is 80.9 Å². The average molecular weight is 243 g/mol. The molecule has 4 unspecified atom stereocenters. The Kier molecular flexibility index (Phi) is 7.28. The van der Waals surface area contributed by atoms with Crippen molar-refractivity contribution < 1.29 is 20.4 Å². The van der Waals surface area contributed by atoms with E-state index in [1.54, 1.807) is 0 Å². The van der Waals surface area contributed by atoms with E-state index < -0.39 is 24.4 Å². The lowest BCUT2D eigenvalue weighted by molar-refractivity contribution is 0.0635. The van der Waals surface area contributed by atoms with Gasteiger partial charge in [0.2, 0.25) is 0 Å². The van der Waals surface area contributed by atoms with E-state index in [0.29, 0.717) is 0 Å². The van der Waals surface area contributed by atoms with Crippen LogP contribution in [0.25, 0.3) is 0 Å². The van der Waals surface area contributed by atoms with Crippen molar-refractivity contribution in [1.82, 2.24) is 0 Å². The molecule has 4 atom stereocenters. The molecule has 0 saturated heterocycles. The molecule has 0 aliphatic heterocycles. The van der Waals surface area contributed by atoms with E-state index in [9.17, 15) is 0 Å². The molecule has 14 heavy (non-hydrogen) atoms. The molecule has 6 heteroatoms. The Morgan fingerprint density at radius 3 is 1.29 bits per heavy atom.